The van der Waals surface area contributed by atoms with E-state index in [1.165, 1.54) is 5.56 Å². The van der Waals surface area contributed by atoms with Gasteiger partial charge in [-0.05, 0) is 26.0 Å². The molecule has 4 heteroatoms. The van der Waals surface area contributed by atoms with Gasteiger partial charge in [-0.2, -0.15) is 0 Å². The molecule has 1 aromatic heterocycles. The van der Waals surface area contributed by atoms with Crippen molar-refractivity contribution in [3.8, 4) is 0 Å². The van der Waals surface area contributed by atoms with Gasteiger partial charge in [0.2, 0.25) is 0 Å². The summed E-state index contributed by atoms with van der Waals surface area (Å²) >= 11 is 0. The summed E-state index contributed by atoms with van der Waals surface area (Å²) in [5, 5.41) is 3.48. The van der Waals surface area contributed by atoms with Crippen LogP contribution in [0.3, 0.4) is 0 Å². The highest BCUT2D eigenvalue weighted by atomic mass is 16.5. The van der Waals surface area contributed by atoms with E-state index in [0.717, 1.165) is 38.5 Å². The summed E-state index contributed by atoms with van der Waals surface area (Å²) in [6, 6.07) is 4.97. The van der Waals surface area contributed by atoms with Gasteiger partial charge in [-0.15, -0.1) is 0 Å². The Balaban J connectivity index is 2.27. The number of nitrogens with zero attached hydrogens (tertiary/aromatic N) is 2. The zero-order chi connectivity index (χ0) is 13.7. The van der Waals surface area contributed by atoms with Gasteiger partial charge in [-0.1, -0.05) is 19.9 Å². The molecule has 2 heterocycles. The number of hydrogen-bond acceptors (Lipinski definition) is 4. The van der Waals surface area contributed by atoms with Gasteiger partial charge in [0, 0.05) is 24.3 Å². The van der Waals surface area contributed by atoms with Gasteiger partial charge < -0.3 is 15.0 Å². The van der Waals surface area contributed by atoms with Crippen LogP contribution in [0.15, 0.2) is 18.3 Å². The maximum Gasteiger partial charge on any atom is 0.133 e. The lowest BCUT2D eigenvalue weighted by atomic mass is 10.1. The van der Waals surface area contributed by atoms with Crippen molar-refractivity contribution in [1.82, 2.24) is 10.3 Å². The van der Waals surface area contributed by atoms with Crippen LogP contribution in [0.4, 0.5) is 5.82 Å². The Hall–Kier alpha value is -1.13. The van der Waals surface area contributed by atoms with Gasteiger partial charge >= 0.3 is 0 Å². The lowest BCUT2D eigenvalue weighted by molar-refractivity contribution is 0.0924. The lowest BCUT2D eigenvalue weighted by Crippen LogP contribution is -2.46. The van der Waals surface area contributed by atoms with Crippen LogP contribution in [-0.4, -0.2) is 37.3 Å². The molecule has 1 aromatic rings. The maximum absolute atomic E-state index is 5.59. The molecule has 1 fully saturated rings. The first-order valence-corrected chi connectivity index (χ1v) is 7.30. The molecule has 19 heavy (non-hydrogen) atoms. The first kappa shape index (κ1) is 14.3. The van der Waals surface area contributed by atoms with Crippen molar-refractivity contribution in [3.63, 3.8) is 0 Å². The van der Waals surface area contributed by atoms with Crippen molar-refractivity contribution >= 4 is 5.82 Å². The van der Waals surface area contributed by atoms with Gasteiger partial charge in [-0.25, -0.2) is 4.98 Å². The van der Waals surface area contributed by atoms with E-state index >= 15 is 0 Å². The summed E-state index contributed by atoms with van der Waals surface area (Å²) in [7, 11) is 0. The van der Waals surface area contributed by atoms with Crippen LogP contribution in [0.2, 0.25) is 0 Å². The fourth-order valence-corrected chi connectivity index (χ4v) is 2.68. The number of ether oxygens (including phenoxy) is 1. The van der Waals surface area contributed by atoms with Crippen LogP contribution in [-0.2, 0) is 4.74 Å². The van der Waals surface area contributed by atoms with Crippen LogP contribution in [0.25, 0.3) is 0 Å². The Labute approximate surface area is 116 Å². The van der Waals surface area contributed by atoms with E-state index in [1.807, 2.05) is 12.3 Å². The van der Waals surface area contributed by atoms with E-state index < -0.39 is 0 Å². The summed E-state index contributed by atoms with van der Waals surface area (Å²) < 4.78 is 5.59. The minimum Gasteiger partial charge on any atom is -0.377 e. The number of nitrogens with one attached hydrogen (secondary N) is 1. The molecule has 1 N–H and O–H groups in total. The van der Waals surface area contributed by atoms with Crippen molar-refractivity contribution in [2.75, 3.05) is 31.2 Å². The molecule has 0 aliphatic carbocycles. The van der Waals surface area contributed by atoms with E-state index in [4.69, 9.17) is 4.74 Å². The predicted octanol–water partition coefficient (Wildman–Crippen LogP) is 2.37. The molecule has 2 unspecified atom stereocenters. The Morgan fingerprint density at radius 1 is 1.53 bits per heavy atom. The highest BCUT2D eigenvalue weighted by Gasteiger charge is 2.25. The largest absolute Gasteiger partial charge is 0.377 e. The van der Waals surface area contributed by atoms with Crippen molar-refractivity contribution in [2.24, 2.45) is 0 Å². The standard InChI is InChI=1S/C15H25N3O/c1-4-13-11-19-10-9-18(13)15-14(7-6-8-17-15)12(3)16-5-2/h6-8,12-13,16H,4-5,9-11H2,1-3H3. The van der Waals surface area contributed by atoms with Crippen LogP contribution in [0.5, 0.6) is 0 Å². The highest BCUT2D eigenvalue weighted by Crippen LogP contribution is 2.27. The molecule has 2 atom stereocenters. The molecular weight excluding hydrogens is 238 g/mol. The average molecular weight is 263 g/mol. The predicted molar refractivity (Wildman–Crippen MR) is 78.6 cm³/mol. The third kappa shape index (κ3) is 3.25. The van der Waals surface area contributed by atoms with Crippen molar-refractivity contribution in [1.29, 1.82) is 0 Å². The fourth-order valence-electron chi connectivity index (χ4n) is 2.68. The lowest BCUT2D eigenvalue weighted by Gasteiger charge is -2.37. The molecule has 0 bridgehead atoms. The molecule has 1 aliphatic heterocycles. The molecule has 1 saturated heterocycles. The number of anilines is 1. The summed E-state index contributed by atoms with van der Waals surface area (Å²) in [6.07, 6.45) is 2.98. The Morgan fingerprint density at radius 3 is 3.11 bits per heavy atom. The number of morpholine rings is 1. The molecule has 0 aromatic carbocycles. The number of rotatable bonds is 5. The van der Waals surface area contributed by atoms with Crippen LogP contribution < -0.4 is 10.2 Å². The van der Waals surface area contributed by atoms with Crippen molar-refractivity contribution in [2.45, 2.75) is 39.3 Å². The smallest absolute Gasteiger partial charge is 0.133 e. The number of pyridine rings is 1. The van der Waals surface area contributed by atoms with E-state index in [9.17, 15) is 0 Å². The maximum atomic E-state index is 5.59. The molecular formula is C15H25N3O. The number of aromatic nitrogens is 1. The summed E-state index contributed by atoms with van der Waals surface area (Å²) in [5.74, 6) is 1.12. The van der Waals surface area contributed by atoms with Crippen LogP contribution in [0, 0.1) is 0 Å². The SMILES string of the molecule is CCNC(C)c1cccnc1N1CCOCC1CC. The summed E-state index contributed by atoms with van der Waals surface area (Å²) in [4.78, 5) is 7.04. The van der Waals surface area contributed by atoms with E-state index in [0.29, 0.717) is 12.1 Å². The zero-order valence-electron chi connectivity index (χ0n) is 12.2. The van der Waals surface area contributed by atoms with Crippen LogP contribution in [0.1, 0.15) is 38.8 Å². The third-order valence-electron chi connectivity index (χ3n) is 3.76. The Kier molecular flexibility index (Phi) is 5.16. The normalized spacial score (nSPS) is 21.4. The van der Waals surface area contributed by atoms with Crippen LogP contribution >= 0.6 is 0 Å². The number of hydrogen-bond donors (Lipinski definition) is 1. The second-order valence-corrected chi connectivity index (χ2v) is 5.03. The fraction of sp³-hybridized carbons (Fsp3) is 0.667. The second-order valence-electron chi connectivity index (χ2n) is 5.03. The monoisotopic (exact) mass is 263 g/mol. The highest BCUT2D eigenvalue weighted by molar-refractivity contribution is 5.49. The molecule has 0 spiro atoms. The Morgan fingerprint density at radius 2 is 2.37 bits per heavy atom. The first-order chi connectivity index (χ1) is 9.27. The zero-order valence-corrected chi connectivity index (χ0v) is 12.2. The van der Waals surface area contributed by atoms with E-state index in [1.54, 1.807) is 0 Å². The molecule has 0 amide bonds. The van der Waals surface area contributed by atoms with Gasteiger partial charge in [-0.3, -0.25) is 0 Å². The topological polar surface area (TPSA) is 37.4 Å². The van der Waals surface area contributed by atoms with Gasteiger partial charge in [0.05, 0.1) is 19.3 Å². The molecule has 4 nitrogen and oxygen atoms in total. The van der Waals surface area contributed by atoms with Gasteiger partial charge in [0.25, 0.3) is 0 Å². The molecule has 106 valence electrons. The third-order valence-corrected chi connectivity index (χ3v) is 3.76. The van der Waals surface area contributed by atoms with Crippen molar-refractivity contribution < 1.29 is 4.74 Å². The summed E-state index contributed by atoms with van der Waals surface area (Å²) in [6.45, 7) is 10.0. The minimum absolute atomic E-state index is 0.328. The van der Waals surface area contributed by atoms with E-state index in [-0.39, 0.29) is 0 Å². The quantitative estimate of drug-likeness (QED) is 0.885. The summed E-state index contributed by atoms with van der Waals surface area (Å²) in [5.41, 5.74) is 1.28. The van der Waals surface area contributed by atoms with Crippen molar-refractivity contribution in [3.05, 3.63) is 23.9 Å². The Bertz CT molecular complexity index is 397. The molecule has 0 saturated carbocycles. The average Bonchev–Trinajstić information content (AvgIpc) is 2.47. The molecule has 1 aliphatic rings. The van der Waals surface area contributed by atoms with E-state index in [2.05, 4.69) is 42.0 Å². The van der Waals surface area contributed by atoms with Gasteiger partial charge in [0.15, 0.2) is 0 Å². The molecule has 2 rings (SSSR count). The molecule has 0 radical (unpaired) electrons. The minimum atomic E-state index is 0.328. The second kappa shape index (κ2) is 6.87. The first-order valence-electron chi connectivity index (χ1n) is 7.30. The van der Waals surface area contributed by atoms with Gasteiger partial charge in [0.1, 0.15) is 5.82 Å².